The molecule has 0 aliphatic rings. The van der Waals surface area contributed by atoms with Gasteiger partial charge in [-0.25, -0.2) is 8.42 Å². The zero-order valence-electron chi connectivity index (χ0n) is 19.3. The molecule has 32 heavy (non-hydrogen) atoms. The molecule has 1 N–H and O–H groups in total. The van der Waals surface area contributed by atoms with E-state index in [0.717, 1.165) is 17.6 Å². The third kappa shape index (κ3) is 7.33. The van der Waals surface area contributed by atoms with Gasteiger partial charge in [0.05, 0.1) is 32.7 Å². The van der Waals surface area contributed by atoms with E-state index in [1.807, 2.05) is 32.0 Å². The minimum atomic E-state index is -3.57. The third-order valence-corrected chi connectivity index (χ3v) is 6.17. The number of hydrogen-bond acceptors (Lipinski definition) is 6. The average molecular weight is 465 g/mol. The van der Waals surface area contributed by atoms with Crippen LogP contribution in [0.5, 0.6) is 17.2 Å². The van der Waals surface area contributed by atoms with Gasteiger partial charge in [-0.05, 0) is 55.7 Å². The first kappa shape index (κ1) is 25.3. The summed E-state index contributed by atoms with van der Waals surface area (Å²) in [4.78, 5) is 12.2. The van der Waals surface area contributed by atoms with Crippen molar-refractivity contribution in [3.8, 4) is 17.2 Å². The first-order valence-electron chi connectivity index (χ1n) is 10.3. The number of hydrogen-bond donors (Lipinski definition) is 1. The van der Waals surface area contributed by atoms with Gasteiger partial charge in [-0.15, -0.1) is 0 Å². The number of carbonyl (C=O) groups is 1. The lowest BCUT2D eigenvalue weighted by molar-refractivity contribution is -0.121. The van der Waals surface area contributed by atoms with Crippen LogP contribution in [-0.4, -0.2) is 54.5 Å². The number of benzene rings is 2. The van der Waals surface area contributed by atoms with Crippen molar-refractivity contribution in [2.24, 2.45) is 0 Å². The molecule has 0 unspecified atom stereocenters. The van der Waals surface area contributed by atoms with Crippen LogP contribution >= 0.6 is 0 Å². The van der Waals surface area contributed by atoms with E-state index < -0.39 is 10.0 Å². The van der Waals surface area contributed by atoms with Crippen LogP contribution in [0, 0.1) is 13.8 Å². The fourth-order valence-electron chi connectivity index (χ4n) is 3.09. The Bertz CT molecular complexity index is 1020. The second-order valence-corrected chi connectivity index (χ2v) is 9.33. The molecule has 0 saturated carbocycles. The molecule has 0 aliphatic heterocycles. The fourth-order valence-corrected chi connectivity index (χ4v) is 4.06. The highest BCUT2D eigenvalue weighted by molar-refractivity contribution is 7.92. The summed E-state index contributed by atoms with van der Waals surface area (Å²) < 4.78 is 42.1. The number of nitrogens with one attached hydrogen (secondary N) is 1. The summed E-state index contributed by atoms with van der Waals surface area (Å²) in [6, 6.07) is 10.8. The molecule has 9 heteroatoms. The quantitative estimate of drug-likeness (QED) is 0.485. The van der Waals surface area contributed by atoms with Gasteiger partial charge >= 0.3 is 0 Å². The van der Waals surface area contributed by atoms with E-state index in [-0.39, 0.29) is 18.9 Å². The number of carbonyl (C=O) groups excluding carboxylic acids is 1. The van der Waals surface area contributed by atoms with E-state index in [2.05, 4.69) is 5.32 Å². The highest BCUT2D eigenvalue weighted by atomic mass is 32.2. The topological polar surface area (TPSA) is 94.2 Å². The fraction of sp³-hybridized carbons (Fsp3) is 0.435. The maximum atomic E-state index is 12.3. The number of methoxy groups -OCH3 is 2. The molecule has 0 bridgehead atoms. The second kappa shape index (κ2) is 11.6. The van der Waals surface area contributed by atoms with Crippen molar-refractivity contribution >= 4 is 21.6 Å². The van der Waals surface area contributed by atoms with Crippen LogP contribution in [0.4, 0.5) is 5.69 Å². The number of sulfonamides is 1. The van der Waals surface area contributed by atoms with Crippen LogP contribution < -0.4 is 23.8 Å². The summed E-state index contributed by atoms with van der Waals surface area (Å²) in [5, 5.41) is 2.80. The van der Waals surface area contributed by atoms with Crippen LogP contribution in [0.15, 0.2) is 36.4 Å². The first-order chi connectivity index (χ1) is 15.2. The van der Waals surface area contributed by atoms with E-state index >= 15 is 0 Å². The van der Waals surface area contributed by atoms with Crippen molar-refractivity contribution in [3.05, 3.63) is 47.5 Å². The Kier molecular flexibility index (Phi) is 9.19. The summed E-state index contributed by atoms with van der Waals surface area (Å²) >= 11 is 0. The smallest absolute Gasteiger partial charge is 0.232 e. The zero-order valence-corrected chi connectivity index (χ0v) is 20.1. The summed E-state index contributed by atoms with van der Waals surface area (Å²) in [5.41, 5.74) is 2.74. The van der Waals surface area contributed by atoms with Gasteiger partial charge in [0.15, 0.2) is 0 Å². The SMILES string of the molecule is COc1ccc(N(CCCC(=O)NCCOc2ccc(C)c(C)c2)S(C)(=O)=O)c(OC)c1. The Morgan fingerprint density at radius 3 is 2.34 bits per heavy atom. The first-order valence-corrected chi connectivity index (χ1v) is 12.2. The molecule has 2 aromatic rings. The maximum Gasteiger partial charge on any atom is 0.232 e. The molecule has 2 rings (SSSR count). The number of amides is 1. The van der Waals surface area contributed by atoms with Crippen molar-refractivity contribution in [1.82, 2.24) is 5.32 Å². The molecular formula is C23H32N2O6S. The zero-order chi connectivity index (χ0) is 23.7. The predicted molar refractivity (Wildman–Crippen MR) is 125 cm³/mol. The van der Waals surface area contributed by atoms with Gasteiger partial charge in [0.1, 0.15) is 23.9 Å². The van der Waals surface area contributed by atoms with Crippen LogP contribution in [0.1, 0.15) is 24.0 Å². The van der Waals surface area contributed by atoms with Crippen molar-refractivity contribution in [1.29, 1.82) is 0 Å². The standard InChI is InChI=1S/C23H32N2O6S/c1-17-8-9-20(15-18(17)2)31-14-12-24-23(26)7-6-13-25(32(5,27)28)21-11-10-19(29-3)16-22(21)30-4/h8-11,15-16H,6-7,12-14H2,1-5H3,(H,24,26). The van der Waals surface area contributed by atoms with Gasteiger partial charge in [-0.2, -0.15) is 0 Å². The molecule has 0 spiro atoms. The van der Waals surface area contributed by atoms with Gasteiger partial charge in [0.25, 0.3) is 0 Å². The van der Waals surface area contributed by atoms with E-state index in [4.69, 9.17) is 14.2 Å². The molecular weight excluding hydrogens is 432 g/mol. The highest BCUT2D eigenvalue weighted by Crippen LogP contribution is 2.33. The van der Waals surface area contributed by atoms with E-state index in [9.17, 15) is 13.2 Å². The molecule has 0 heterocycles. The van der Waals surface area contributed by atoms with E-state index in [1.165, 1.54) is 24.1 Å². The van der Waals surface area contributed by atoms with Crippen molar-refractivity contribution in [2.45, 2.75) is 26.7 Å². The molecule has 0 atom stereocenters. The molecule has 0 saturated heterocycles. The molecule has 0 radical (unpaired) electrons. The van der Waals surface area contributed by atoms with Gasteiger partial charge in [-0.1, -0.05) is 6.07 Å². The van der Waals surface area contributed by atoms with Crippen LogP contribution in [0.2, 0.25) is 0 Å². The molecule has 0 aromatic heterocycles. The Morgan fingerprint density at radius 1 is 1.00 bits per heavy atom. The normalized spacial score (nSPS) is 11.0. The summed E-state index contributed by atoms with van der Waals surface area (Å²) in [6.45, 7) is 4.93. The van der Waals surface area contributed by atoms with Gasteiger partial charge in [0, 0.05) is 19.0 Å². The van der Waals surface area contributed by atoms with Crippen LogP contribution in [0.3, 0.4) is 0 Å². The highest BCUT2D eigenvalue weighted by Gasteiger charge is 2.21. The molecule has 0 fully saturated rings. The summed E-state index contributed by atoms with van der Waals surface area (Å²) in [6.07, 6.45) is 1.67. The Labute approximate surface area is 190 Å². The number of aryl methyl sites for hydroxylation is 2. The molecule has 2 aromatic carbocycles. The average Bonchev–Trinajstić information content (AvgIpc) is 2.75. The number of ether oxygens (including phenoxy) is 3. The Hall–Kier alpha value is -2.94. The molecule has 8 nitrogen and oxygen atoms in total. The lowest BCUT2D eigenvalue weighted by atomic mass is 10.1. The second-order valence-electron chi connectivity index (χ2n) is 7.42. The van der Waals surface area contributed by atoms with Gasteiger partial charge < -0.3 is 19.5 Å². The number of nitrogens with zero attached hydrogens (tertiary/aromatic N) is 1. The van der Waals surface area contributed by atoms with Crippen LogP contribution in [-0.2, 0) is 14.8 Å². The van der Waals surface area contributed by atoms with E-state index in [1.54, 1.807) is 18.2 Å². The molecule has 1 amide bonds. The minimum absolute atomic E-state index is 0.147. The lowest BCUT2D eigenvalue weighted by Crippen LogP contribution is -2.33. The third-order valence-electron chi connectivity index (χ3n) is 4.99. The number of anilines is 1. The van der Waals surface area contributed by atoms with Gasteiger partial charge in [0.2, 0.25) is 15.9 Å². The summed E-state index contributed by atoms with van der Waals surface area (Å²) in [5.74, 6) is 1.53. The molecule has 0 aliphatic carbocycles. The van der Waals surface area contributed by atoms with Gasteiger partial charge in [-0.3, -0.25) is 9.10 Å². The Balaban J connectivity index is 1.85. The lowest BCUT2D eigenvalue weighted by Gasteiger charge is -2.24. The maximum absolute atomic E-state index is 12.3. The largest absolute Gasteiger partial charge is 0.497 e. The Morgan fingerprint density at radius 2 is 1.72 bits per heavy atom. The monoisotopic (exact) mass is 464 g/mol. The van der Waals surface area contributed by atoms with Crippen molar-refractivity contribution in [2.75, 3.05) is 44.5 Å². The van der Waals surface area contributed by atoms with Crippen molar-refractivity contribution < 1.29 is 27.4 Å². The van der Waals surface area contributed by atoms with E-state index in [0.29, 0.717) is 36.8 Å². The van der Waals surface area contributed by atoms with Crippen molar-refractivity contribution in [3.63, 3.8) is 0 Å². The summed E-state index contributed by atoms with van der Waals surface area (Å²) in [7, 11) is -0.579. The predicted octanol–water partition coefficient (Wildman–Crippen LogP) is 3.06. The van der Waals surface area contributed by atoms with Crippen LogP contribution in [0.25, 0.3) is 0 Å². The molecule has 176 valence electrons. The minimum Gasteiger partial charge on any atom is -0.497 e. The number of rotatable bonds is 12.